The summed E-state index contributed by atoms with van der Waals surface area (Å²) in [6.07, 6.45) is 4.20. The first kappa shape index (κ1) is 11.9. The fraction of sp³-hybridized carbons (Fsp3) is 0.545. The maximum Gasteiger partial charge on any atom is 0.137 e. The van der Waals surface area contributed by atoms with Crippen molar-refractivity contribution in [3.05, 3.63) is 24.0 Å². The lowest BCUT2D eigenvalue weighted by molar-refractivity contribution is 0.129. The molecule has 0 aliphatic rings. The fourth-order valence-electron chi connectivity index (χ4n) is 1.45. The van der Waals surface area contributed by atoms with Crippen molar-refractivity contribution >= 4 is 0 Å². The molecule has 1 aromatic rings. The molecule has 1 unspecified atom stereocenters. The fourth-order valence-corrected chi connectivity index (χ4v) is 1.45. The van der Waals surface area contributed by atoms with Crippen LogP contribution in [0.1, 0.15) is 18.9 Å². The largest absolute Gasteiger partial charge is 0.495 e. The van der Waals surface area contributed by atoms with E-state index in [9.17, 15) is 0 Å². The molecular formula is C11H18N2O2. The van der Waals surface area contributed by atoms with E-state index in [2.05, 4.69) is 4.98 Å². The molecule has 1 aromatic heterocycles. The Balaban J connectivity index is 3.00. The molecule has 15 heavy (non-hydrogen) atoms. The van der Waals surface area contributed by atoms with Gasteiger partial charge in [0.15, 0.2) is 0 Å². The Bertz CT molecular complexity index is 317. The van der Waals surface area contributed by atoms with Gasteiger partial charge >= 0.3 is 0 Å². The molecular weight excluding hydrogens is 192 g/mol. The number of hydrogen-bond donors (Lipinski definition) is 1. The second-order valence-electron chi connectivity index (χ2n) is 3.56. The Morgan fingerprint density at radius 2 is 2.13 bits per heavy atom. The van der Waals surface area contributed by atoms with Crippen LogP contribution in [0, 0.1) is 0 Å². The molecule has 2 N–H and O–H groups in total. The Morgan fingerprint density at radius 3 is 2.67 bits per heavy atom. The van der Waals surface area contributed by atoms with Crippen LogP contribution in [0.2, 0.25) is 0 Å². The van der Waals surface area contributed by atoms with Crippen molar-refractivity contribution in [1.29, 1.82) is 0 Å². The van der Waals surface area contributed by atoms with Gasteiger partial charge < -0.3 is 15.2 Å². The molecule has 4 nitrogen and oxygen atoms in total. The monoisotopic (exact) mass is 210 g/mol. The van der Waals surface area contributed by atoms with Crippen LogP contribution >= 0.6 is 0 Å². The number of rotatable bonds is 5. The molecule has 0 saturated heterocycles. The van der Waals surface area contributed by atoms with Gasteiger partial charge in [0, 0.05) is 13.3 Å². The first-order valence-corrected chi connectivity index (χ1v) is 4.93. The summed E-state index contributed by atoms with van der Waals surface area (Å²) in [5.74, 6) is 0.715. The number of nitrogens with zero attached hydrogens (tertiary/aromatic N) is 1. The Morgan fingerprint density at radius 1 is 1.40 bits per heavy atom. The minimum atomic E-state index is -0.490. The van der Waals surface area contributed by atoms with Gasteiger partial charge in [-0.3, -0.25) is 4.98 Å². The molecule has 4 heteroatoms. The van der Waals surface area contributed by atoms with E-state index in [0.29, 0.717) is 12.4 Å². The van der Waals surface area contributed by atoms with Crippen molar-refractivity contribution in [2.75, 3.05) is 20.8 Å². The van der Waals surface area contributed by atoms with Crippen LogP contribution in [0.25, 0.3) is 0 Å². The van der Waals surface area contributed by atoms with Crippen LogP contribution in [-0.4, -0.2) is 25.8 Å². The van der Waals surface area contributed by atoms with E-state index in [1.165, 1.54) is 0 Å². The molecule has 0 spiro atoms. The predicted octanol–water partition coefficient (Wildman–Crippen LogP) is 1.30. The van der Waals surface area contributed by atoms with Crippen LogP contribution in [0.5, 0.6) is 5.75 Å². The number of hydrogen-bond acceptors (Lipinski definition) is 4. The van der Waals surface area contributed by atoms with Gasteiger partial charge in [0.05, 0.1) is 25.5 Å². The highest BCUT2D eigenvalue weighted by molar-refractivity contribution is 5.29. The summed E-state index contributed by atoms with van der Waals surface area (Å²) in [6, 6.07) is 1.90. The molecule has 0 aromatic carbocycles. The molecule has 0 radical (unpaired) electrons. The molecule has 1 rings (SSSR count). The van der Waals surface area contributed by atoms with E-state index in [4.69, 9.17) is 15.2 Å². The van der Waals surface area contributed by atoms with Crippen molar-refractivity contribution < 1.29 is 9.47 Å². The number of ether oxygens (including phenoxy) is 2. The number of pyridine rings is 1. The zero-order valence-electron chi connectivity index (χ0n) is 9.49. The van der Waals surface area contributed by atoms with Gasteiger partial charge in [0.25, 0.3) is 0 Å². The third-order valence-corrected chi connectivity index (χ3v) is 2.56. The van der Waals surface area contributed by atoms with Crippen molar-refractivity contribution in [2.45, 2.75) is 18.9 Å². The van der Waals surface area contributed by atoms with Crippen LogP contribution in [0.4, 0.5) is 0 Å². The van der Waals surface area contributed by atoms with Crippen LogP contribution in [-0.2, 0) is 10.3 Å². The summed E-state index contributed by atoms with van der Waals surface area (Å²) in [6.45, 7) is 2.50. The molecule has 1 heterocycles. The van der Waals surface area contributed by atoms with Crippen molar-refractivity contribution in [3.8, 4) is 5.75 Å². The lowest BCUT2D eigenvalue weighted by atomic mass is 9.90. The highest BCUT2D eigenvalue weighted by Crippen LogP contribution is 2.24. The summed E-state index contributed by atoms with van der Waals surface area (Å²) in [7, 11) is 3.26. The maximum atomic E-state index is 6.23. The normalized spacial score (nSPS) is 14.7. The number of methoxy groups -OCH3 is 2. The highest BCUT2D eigenvalue weighted by atomic mass is 16.5. The van der Waals surface area contributed by atoms with Crippen molar-refractivity contribution in [1.82, 2.24) is 4.98 Å². The SMILES string of the molecule is CCC(N)(COC)c1cncc(OC)c1. The summed E-state index contributed by atoms with van der Waals surface area (Å²) in [4.78, 5) is 4.09. The van der Waals surface area contributed by atoms with E-state index >= 15 is 0 Å². The van der Waals surface area contributed by atoms with Crippen molar-refractivity contribution in [2.24, 2.45) is 5.73 Å². The molecule has 84 valence electrons. The molecule has 0 saturated carbocycles. The average molecular weight is 210 g/mol. The molecule has 0 aliphatic carbocycles. The van der Waals surface area contributed by atoms with Crippen LogP contribution < -0.4 is 10.5 Å². The van der Waals surface area contributed by atoms with Gasteiger partial charge in [0.2, 0.25) is 0 Å². The zero-order valence-corrected chi connectivity index (χ0v) is 9.49. The smallest absolute Gasteiger partial charge is 0.137 e. The second kappa shape index (κ2) is 5.09. The van der Waals surface area contributed by atoms with Gasteiger partial charge in [-0.2, -0.15) is 0 Å². The van der Waals surface area contributed by atoms with E-state index in [1.54, 1.807) is 26.6 Å². The molecule has 0 fully saturated rings. The Hall–Kier alpha value is -1.13. The minimum absolute atomic E-state index is 0.471. The molecule has 0 bridgehead atoms. The summed E-state index contributed by atoms with van der Waals surface area (Å²) >= 11 is 0. The lowest BCUT2D eigenvalue weighted by Gasteiger charge is -2.27. The lowest BCUT2D eigenvalue weighted by Crippen LogP contribution is -2.40. The third-order valence-electron chi connectivity index (χ3n) is 2.56. The summed E-state index contributed by atoms with van der Waals surface area (Å²) < 4.78 is 10.2. The van der Waals surface area contributed by atoms with E-state index < -0.39 is 5.54 Å². The predicted molar refractivity (Wildman–Crippen MR) is 58.8 cm³/mol. The number of nitrogens with two attached hydrogens (primary N) is 1. The standard InChI is InChI=1S/C11H18N2O2/c1-4-11(12,8-14-2)9-5-10(15-3)7-13-6-9/h5-7H,4,8,12H2,1-3H3. The van der Waals surface area contributed by atoms with Gasteiger partial charge in [-0.05, 0) is 18.1 Å². The second-order valence-corrected chi connectivity index (χ2v) is 3.56. The van der Waals surface area contributed by atoms with Crippen LogP contribution in [0.15, 0.2) is 18.5 Å². The highest BCUT2D eigenvalue weighted by Gasteiger charge is 2.25. The average Bonchev–Trinajstić information content (AvgIpc) is 2.29. The number of aromatic nitrogens is 1. The molecule has 0 aliphatic heterocycles. The quantitative estimate of drug-likeness (QED) is 0.796. The Kier molecular flexibility index (Phi) is 4.05. The van der Waals surface area contributed by atoms with Gasteiger partial charge in [-0.1, -0.05) is 6.92 Å². The maximum absolute atomic E-state index is 6.23. The third kappa shape index (κ3) is 2.67. The topological polar surface area (TPSA) is 57.4 Å². The molecule has 0 amide bonds. The van der Waals surface area contributed by atoms with E-state index in [0.717, 1.165) is 12.0 Å². The summed E-state index contributed by atoms with van der Waals surface area (Å²) in [5.41, 5.74) is 6.68. The van der Waals surface area contributed by atoms with Gasteiger partial charge in [0.1, 0.15) is 5.75 Å². The van der Waals surface area contributed by atoms with Gasteiger partial charge in [-0.25, -0.2) is 0 Å². The van der Waals surface area contributed by atoms with E-state index in [-0.39, 0.29) is 0 Å². The first-order chi connectivity index (χ1) is 7.16. The van der Waals surface area contributed by atoms with Gasteiger partial charge in [-0.15, -0.1) is 0 Å². The molecule has 1 atom stereocenters. The summed E-state index contributed by atoms with van der Waals surface area (Å²) in [5, 5.41) is 0. The van der Waals surface area contributed by atoms with Crippen LogP contribution in [0.3, 0.4) is 0 Å². The first-order valence-electron chi connectivity index (χ1n) is 4.93. The zero-order chi connectivity index (χ0) is 11.3. The minimum Gasteiger partial charge on any atom is -0.495 e. The Labute approximate surface area is 90.4 Å². The van der Waals surface area contributed by atoms with E-state index in [1.807, 2.05) is 13.0 Å². The van der Waals surface area contributed by atoms with Crippen molar-refractivity contribution in [3.63, 3.8) is 0 Å².